The highest BCUT2D eigenvalue weighted by molar-refractivity contribution is 6.52. The van der Waals surface area contributed by atoms with Crippen molar-refractivity contribution in [1.29, 1.82) is 0 Å². The Morgan fingerprint density at radius 1 is 1.46 bits per heavy atom. The van der Waals surface area contributed by atoms with Crippen LogP contribution in [0.4, 0.5) is 4.79 Å². The smallest absolute Gasteiger partial charge is 0.315 e. The quantitative estimate of drug-likeness (QED) is 0.620. The van der Waals surface area contributed by atoms with Crippen LogP contribution >= 0.6 is 0 Å². The van der Waals surface area contributed by atoms with Gasteiger partial charge in [-0.1, -0.05) is 13.1 Å². The molecule has 0 aromatic carbocycles. The molecular formula is C8H18N3OSi. The summed E-state index contributed by atoms with van der Waals surface area (Å²) in [6.45, 7) is 9.35. The van der Waals surface area contributed by atoms with E-state index in [1.54, 1.807) is 4.90 Å². The molecule has 13 heavy (non-hydrogen) atoms. The second-order valence-corrected chi connectivity index (χ2v) is 6.30. The zero-order valence-electron chi connectivity index (χ0n) is 8.58. The lowest BCUT2D eigenvalue weighted by atomic mass is 10.2. The predicted molar refractivity (Wildman–Crippen MR) is 54.8 cm³/mol. The molecule has 1 unspecified atom stereocenters. The maximum Gasteiger partial charge on any atom is 0.315 e. The van der Waals surface area contributed by atoms with Gasteiger partial charge in [0.15, 0.2) is 0 Å². The maximum absolute atomic E-state index is 11.0. The molecule has 1 aliphatic rings. The van der Waals surface area contributed by atoms with Crippen LogP contribution in [0.5, 0.6) is 0 Å². The van der Waals surface area contributed by atoms with Crippen molar-refractivity contribution in [2.45, 2.75) is 26.1 Å². The summed E-state index contributed by atoms with van der Waals surface area (Å²) in [5.74, 6) is 0. The first-order valence-electron chi connectivity index (χ1n) is 4.63. The van der Waals surface area contributed by atoms with Crippen molar-refractivity contribution >= 4 is 15.0 Å². The van der Waals surface area contributed by atoms with Crippen molar-refractivity contribution in [2.75, 3.05) is 19.6 Å². The summed E-state index contributed by atoms with van der Waals surface area (Å²) in [4.78, 5) is 12.7. The van der Waals surface area contributed by atoms with E-state index in [0.29, 0.717) is 0 Å². The number of rotatable bonds is 1. The lowest BCUT2D eigenvalue weighted by molar-refractivity contribution is 0.144. The second-order valence-electron chi connectivity index (χ2n) is 3.77. The van der Waals surface area contributed by atoms with Crippen LogP contribution in [0.1, 0.15) is 6.92 Å². The number of primary amides is 1. The van der Waals surface area contributed by atoms with Gasteiger partial charge < -0.3 is 15.2 Å². The van der Waals surface area contributed by atoms with Crippen molar-refractivity contribution in [3.05, 3.63) is 0 Å². The van der Waals surface area contributed by atoms with Crippen molar-refractivity contribution < 1.29 is 4.79 Å². The number of nitrogens with zero attached hydrogens (tertiary/aromatic N) is 2. The van der Waals surface area contributed by atoms with Crippen LogP contribution < -0.4 is 5.73 Å². The van der Waals surface area contributed by atoms with Gasteiger partial charge in [0.05, 0.1) is 0 Å². The fraction of sp³-hybridized carbons (Fsp3) is 0.875. The molecule has 2 N–H and O–H groups in total. The molecule has 0 spiro atoms. The number of hydrogen-bond donors (Lipinski definition) is 1. The summed E-state index contributed by atoms with van der Waals surface area (Å²) >= 11 is 0. The molecule has 1 radical (unpaired) electrons. The largest absolute Gasteiger partial charge is 0.351 e. The highest BCUT2D eigenvalue weighted by atomic mass is 28.3. The fourth-order valence-electron chi connectivity index (χ4n) is 1.69. The summed E-state index contributed by atoms with van der Waals surface area (Å²) in [5.41, 5.74) is 5.26. The summed E-state index contributed by atoms with van der Waals surface area (Å²) in [6, 6.07) is -0.0146. The van der Waals surface area contributed by atoms with Gasteiger partial charge in [-0.25, -0.2) is 4.79 Å². The third-order valence-corrected chi connectivity index (χ3v) is 4.21. The van der Waals surface area contributed by atoms with Crippen LogP contribution in [-0.4, -0.2) is 50.1 Å². The van der Waals surface area contributed by atoms with Crippen LogP contribution in [0.25, 0.3) is 0 Å². The lowest BCUT2D eigenvalue weighted by Gasteiger charge is -2.40. The van der Waals surface area contributed by atoms with E-state index in [-0.39, 0.29) is 21.0 Å². The second kappa shape index (κ2) is 4.10. The molecule has 5 heteroatoms. The Bertz CT molecular complexity index is 198. The van der Waals surface area contributed by atoms with Gasteiger partial charge in [-0.3, -0.25) is 0 Å². The number of carbonyl (C=O) groups excluding carboxylic acids is 1. The van der Waals surface area contributed by atoms with Crippen molar-refractivity contribution in [2.24, 2.45) is 5.73 Å². The summed E-state index contributed by atoms with van der Waals surface area (Å²) in [6.07, 6.45) is 0. The molecule has 0 bridgehead atoms. The number of nitrogens with two attached hydrogens (primary N) is 1. The van der Waals surface area contributed by atoms with E-state index in [9.17, 15) is 4.79 Å². The highest BCUT2D eigenvalue weighted by Gasteiger charge is 2.27. The minimum atomic E-state index is -0.362. The van der Waals surface area contributed by atoms with E-state index < -0.39 is 0 Å². The van der Waals surface area contributed by atoms with Gasteiger partial charge in [-0.05, 0) is 6.92 Å². The first kappa shape index (κ1) is 10.5. The molecule has 1 atom stereocenters. The first-order valence-corrected chi connectivity index (χ1v) is 7.08. The van der Waals surface area contributed by atoms with E-state index >= 15 is 0 Å². The molecule has 75 valence electrons. The molecule has 0 aromatic rings. The normalized spacial score (nSPS) is 25.2. The third-order valence-electron chi connectivity index (χ3n) is 2.54. The monoisotopic (exact) mass is 200 g/mol. The van der Waals surface area contributed by atoms with Crippen LogP contribution in [0, 0.1) is 0 Å². The predicted octanol–water partition coefficient (Wildman–Crippen LogP) is 0.322. The number of amides is 2. The topological polar surface area (TPSA) is 49.6 Å². The summed E-state index contributed by atoms with van der Waals surface area (Å²) < 4.78 is 2.47. The van der Waals surface area contributed by atoms with Gasteiger partial charge in [0.2, 0.25) is 0 Å². The zero-order valence-corrected chi connectivity index (χ0v) is 9.58. The van der Waals surface area contributed by atoms with Gasteiger partial charge in [0, 0.05) is 25.7 Å². The summed E-state index contributed by atoms with van der Waals surface area (Å²) in [5, 5.41) is 0. The average molecular weight is 200 g/mol. The zero-order chi connectivity index (χ0) is 10.0. The maximum atomic E-state index is 11.0. The molecule has 0 aliphatic carbocycles. The molecular weight excluding hydrogens is 182 g/mol. The summed E-state index contributed by atoms with van der Waals surface area (Å²) in [7, 11) is -0.362. The van der Waals surface area contributed by atoms with Crippen LogP contribution in [0.3, 0.4) is 0 Å². The van der Waals surface area contributed by atoms with Crippen LogP contribution in [0.2, 0.25) is 13.1 Å². The number of piperazine rings is 1. The van der Waals surface area contributed by atoms with Gasteiger partial charge >= 0.3 is 6.03 Å². The van der Waals surface area contributed by atoms with Gasteiger partial charge in [-0.2, -0.15) is 0 Å². The lowest BCUT2D eigenvalue weighted by Crippen LogP contribution is -2.57. The average Bonchev–Trinajstić information content (AvgIpc) is 2.03. The van der Waals surface area contributed by atoms with E-state index in [1.807, 2.05) is 0 Å². The minimum absolute atomic E-state index is 0.270. The molecule has 1 heterocycles. The Morgan fingerprint density at radius 2 is 2.08 bits per heavy atom. The van der Waals surface area contributed by atoms with Crippen LogP contribution in [0.15, 0.2) is 0 Å². The highest BCUT2D eigenvalue weighted by Crippen LogP contribution is 2.10. The number of carbonyl (C=O) groups is 1. The molecule has 2 amide bonds. The van der Waals surface area contributed by atoms with E-state index in [4.69, 9.17) is 5.73 Å². The minimum Gasteiger partial charge on any atom is -0.351 e. The Kier molecular flexibility index (Phi) is 3.32. The Labute approximate surface area is 81.4 Å². The molecule has 4 nitrogen and oxygen atoms in total. The fourth-order valence-corrected chi connectivity index (χ4v) is 2.87. The van der Waals surface area contributed by atoms with E-state index in [1.165, 1.54) is 0 Å². The third kappa shape index (κ3) is 2.44. The first-order chi connectivity index (χ1) is 6.02. The molecule has 1 aliphatic heterocycles. The number of urea groups is 1. The SMILES string of the molecule is CC1CN([Si](C)C)CCN1C(N)=O. The van der Waals surface area contributed by atoms with Gasteiger partial charge in [0.1, 0.15) is 8.96 Å². The van der Waals surface area contributed by atoms with Crippen LogP contribution in [-0.2, 0) is 0 Å². The van der Waals surface area contributed by atoms with Crippen molar-refractivity contribution in [3.8, 4) is 0 Å². The molecule has 1 fully saturated rings. The van der Waals surface area contributed by atoms with Crippen molar-refractivity contribution in [3.63, 3.8) is 0 Å². The van der Waals surface area contributed by atoms with Gasteiger partial charge in [0.25, 0.3) is 0 Å². The van der Waals surface area contributed by atoms with Gasteiger partial charge in [-0.15, -0.1) is 0 Å². The number of hydrogen-bond acceptors (Lipinski definition) is 2. The Balaban J connectivity index is 2.51. The molecule has 1 saturated heterocycles. The van der Waals surface area contributed by atoms with E-state index in [0.717, 1.165) is 19.6 Å². The molecule has 0 saturated carbocycles. The Hall–Kier alpha value is -0.553. The standard InChI is InChI=1S/C8H18N3OSi/c1-7-6-10(13(2)3)4-5-11(7)8(9)12/h7H,4-6H2,1-3H3,(H2,9,12). The molecule has 1 rings (SSSR count). The van der Waals surface area contributed by atoms with E-state index in [2.05, 4.69) is 24.6 Å². The molecule has 0 aromatic heterocycles. The van der Waals surface area contributed by atoms with Crippen molar-refractivity contribution in [1.82, 2.24) is 9.47 Å². The Morgan fingerprint density at radius 3 is 2.46 bits per heavy atom.